The highest BCUT2D eigenvalue weighted by Gasteiger charge is 2.08. The molecule has 0 fully saturated rings. The van der Waals surface area contributed by atoms with Crippen LogP contribution in [0.1, 0.15) is 31.3 Å². The van der Waals surface area contributed by atoms with Gasteiger partial charge in [0.15, 0.2) is 5.15 Å². The zero-order valence-corrected chi connectivity index (χ0v) is 13.4. The third-order valence-electron chi connectivity index (χ3n) is 3.11. The van der Waals surface area contributed by atoms with Crippen LogP contribution in [0.5, 0.6) is 0 Å². The van der Waals surface area contributed by atoms with Crippen LogP contribution in [0, 0.1) is 0 Å². The Bertz CT molecular complexity index is 554. The van der Waals surface area contributed by atoms with Gasteiger partial charge in [0.25, 0.3) is 0 Å². The van der Waals surface area contributed by atoms with Gasteiger partial charge in [0.05, 0.1) is 12.2 Å². The molecule has 1 heterocycles. The molecule has 0 saturated carbocycles. The average Bonchev–Trinajstić information content (AvgIpc) is 2.83. The highest BCUT2D eigenvalue weighted by Crippen LogP contribution is 2.25. The van der Waals surface area contributed by atoms with Gasteiger partial charge in [-0.1, -0.05) is 37.1 Å². The molecule has 1 aromatic heterocycles. The minimum Gasteiger partial charge on any atom is -0.378 e. The molecule has 20 heavy (non-hydrogen) atoms. The summed E-state index contributed by atoms with van der Waals surface area (Å²) in [6, 6.07) is 8.26. The number of para-hydroxylation sites is 1. The van der Waals surface area contributed by atoms with Crippen LogP contribution in [0.25, 0.3) is 0 Å². The summed E-state index contributed by atoms with van der Waals surface area (Å²) >= 11 is 7.91. The van der Waals surface area contributed by atoms with Gasteiger partial charge in [-0.2, -0.15) is 0 Å². The maximum atomic E-state index is 6.18. The zero-order valence-electron chi connectivity index (χ0n) is 11.9. The van der Waals surface area contributed by atoms with Gasteiger partial charge in [0.1, 0.15) is 5.82 Å². The molecule has 0 amide bonds. The predicted octanol–water partition coefficient (Wildman–Crippen LogP) is 4.74. The molecule has 0 unspecified atom stereocenters. The topological polar surface area (TPSA) is 40.7 Å². The van der Waals surface area contributed by atoms with Crippen LogP contribution in [0.15, 0.2) is 29.2 Å². The van der Waals surface area contributed by atoms with Crippen molar-refractivity contribution >= 4 is 29.1 Å². The van der Waals surface area contributed by atoms with E-state index >= 15 is 0 Å². The Kier molecular flexibility index (Phi) is 5.80. The summed E-state index contributed by atoms with van der Waals surface area (Å²) in [6.07, 6.45) is 5.32. The third-order valence-corrected chi connectivity index (χ3v) is 4.22. The monoisotopic (exact) mass is 309 g/mol. The molecular formula is C15H20ClN3S. The molecule has 1 aromatic carbocycles. The molecule has 5 heteroatoms. The molecule has 0 aliphatic rings. The van der Waals surface area contributed by atoms with Crippen molar-refractivity contribution in [2.45, 2.75) is 37.6 Å². The maximum absolute atomic E-state index is 6.18. The number of H-pyrrole nitrogens is 1. The quantitative estimate of drug-likeness (QED) is 0.726. The molecule has 108 valence electrons. The van der Waals surface area contributed by atoms with Crippen LogP contribution < -0.4 is 5.32 Å². The van der Waals surface area contributed by atoms with E-state index in [0.717, 1.165) is 36.5 Å². The molecule has 2 aromatic rings. The van der Waals surface area contributed by atoms with Gasteiger partial charge in [-0.25, -0.2) is 4.98 Å². The number of unbranched alkanes of at least 4 members (excludes halogenated alkanes) is 1. The largest absolute Gasteiger partial charge is 0.378 e. The first-order valence-corrected chi connectivity index (χ1v) is 8.45. The number of anilines is 1. The Morgan fingerprint density at radius 3 is 2.90 bits per heavy atom. The normalized spacial score (nSPS) is 10.8. The number of nitrogens with one attached hydrogen (secondary N) is 2. The van der Waals surface area contributed by atoms with Gasteiger partial charge in [0, 0.05) is 17.0 Å². The van der Waals surface area contributed by atoms with Crippen molar-refractivity contribution in [3.05, 3.63) is 40.9 Å². The first kappa shape index (κ1) is 15.3. The van der Waals surface area contributed by atoms with Crippen LogP contribution in [-0.2, 0) is 13.0 Å². The molecule has 0 atom stereocenters. The molecule has 0 bridgehead atoms. The summed E-state index contributed by atoms with van der Waals surface area (Å²) in [5.74, 6) is 0.979. The standard InChI is InChI=1S/C15H20ClN3S/c1-3-4-9-14-18-12(15(16)19-14)10-17-11-7-5-6-8-13(11)20-2/h5-8,17H,3-4,9-10H2,1-2H3,(H,18,19). The van der Waals surface area contributed by atoms with Crippen LogP contribution in [0.4, 0.5) is 5.69 Å². The van der Waals surface area contributed by atoms with Gasteiger partial charge in [-0.15, -0.1) is 11.8 Å². The van der Waals surface area contributed by atoms with Crippen molar-refractivity contribution in [2.24, 2.45) is 0 Å². The van der Waals surface area contributed by atoms with Gasteiger partial charge in [-0.05, 0) is 24.8 Å². The second kappa shape index (κ2) is 7.60. The second-order valence-corrected chi connectivity index (χ2v) is 5.82. The third kappa shape index (κ3) is 3.93. The number of imidazole rings is 1. The summed E-state index contributed by atoms with van der Waals surface area (Å²) < 4.78 is 0. The predicted molar refractivity (Wildman–Crippen MR) is 87.8 cm³/mol. The highest BCUT2D eigenvalue weighted by atomic mass is 35.5. The number of halogens is 1. The van der Waals surface area contributed by atoms with Crippen molar-refractivity contribution in [3.8, 4) is 0 Å². The molecule has 0 spiro atoms. The van der Waals surface area contributed by atoms with E-state index in [-0.39, 0.29) is 0 Å². The fourth-order valence-electron chi connectivity index (χ4n) is 1.99. The minimum atomic E-state index is 0.574. The van der Waals surface area contributed by atoms with Crippen molar-refractivity contribution in [1.82, 2.24) is 9.97 Å². The van der Waals surface area contributed by atoms with Gasteiger partial charge >= 0.3 is 0 Å². The number of aryl methyl sites for hydroxylation is 1. The first-order chi connectivity index (χ1) is 9.74. The lowest BCUT2D eigenvalue weighted by Gasteiger charge is -2.09. The lowest BCUT2D eigenvalue weighted by atomic mass is 10.2. The number of rotatable bonds is 7. The van der Waals surface area contributed by atoms with E-state index in [4.69, 9.17) is 11.6 Å². The van der Waals surface area contributed by atoms with E-state index in [1.54, 1.807) is 11.8 Å². The molecule has 0 saturated heterocycles. The number of hydrogen-bond donors (Lipinski definition) is 2. The summed E-state index contributed by atoms with van der Waals surface area (Å²) in [4.78, 5) is 8.91. The fraction of sp³-hybridized carbons (Fsp3) is 0.400. The van der Waals surface area contributed by atoms with E-state index in [0.29, 0.717) is 11.7 Å². The summed E-state index contributed by atoms with van der Waals surface area (Å²) in [5, 5.41) is 3.99. The molecule has 3 nitrogen and oxygen atoms in total. The lowest BCUT2D eigenvalue weighted by Crippen LogP contribution is -2.01. The Labute approximate surface area is 129 Å². The van der Waals surface area contributed by atoms with Crippen molar-refractivity contribution < 1.29 is 0 Å². The number of aromatic nitrogens is 2. The molecule has 2 N–H and O–H groups in total. The van der Waals surface area contributed by atoms with Gasteiger partial charge in [0.2, 0.25) is 0 Å². The Balaban J connectivity index is 2.01. The van der Waals surface area contributed by atoms with Gasteiger partial charge < -0.3 is 10.3 Å². The Hall–Kier alpha value is -1.13. The van der Waals surface area contributed by atoms with E-state index in [2.05, 4.69) is 40.6 Å². The van der Waals surface area contributed by atoms with Crippen molar-refractivity contribution in [3.63, 3.8) is 0 Å². The van der Waals surface area contributed by atoms with Crippen molar-refractivity contribution in [1.29, 1.82) is 0 Å². The number of nitrogens with zero attached hydrogens (tertiary/aromatic N) is 1. The number of hydrogen-bond acceptors (Lipinski definition) is 3. The summed E-state index contributed by atoms with van der Waals surface area (Å²) in [5.41, 5.74) is 2.08. The average molecular weight is 310 g/mol. The Morgan fingerprint density at radius 1 is 1.35 bits per heavy atom. The molecule has 0 aliphatic carbocycles. The molecular weight excluding hydrogens is 290 g/mol. The van der Waals surface area contributed by atoms with Crippen molar-refractivity contribution in [2.75, 3.05) is 11.6 Å². The number of aromatic amines is 1. The van der Waals surface area contributed by atoms with Crippen LogP contribution >= 0.6 is 23.4 Å². The van der Waals surface area contributed by atoms with E-state index in [1.807, 2.05) is 12.1 Å². The highest BCUT2D eigenvalue weighted by molar-refractivity contribution is 7.98. The Morgan fingerprint density at radius 2 is 2.15 bits per heavy atom. The smallest absolute Gasteiger partial charge is 0.152 e. The van der Waals surface area contributed by atoms with E-state index in [9.17, 15) is 0 Å². The molecule has 2 rings (SSSR count). The minimum absolute atomic E-state index is 0.574. The van der Waals surface area contributed by atoms with Crippen LogP contribution in [0.3, 0.4) is 0 Å². The lowest BCUT2D eigenvalue weighted by molar-refractivity contribution is 0.760. The number of thioether (sulfide) groups is 1. The summed E-state index contributed by atoms with van der Waals surface area (Å²) in [6.45, 7) is 2.84. The second-order valence-electron chi connectivity index (χ2n) is 4.61. The fourth-order valence-corrected chi connectivity index (χ4v) is 2.78. The first-order valence-electron chi connectivity index (χ1n) is 6.84. The SMILES string of the molecule is CCCCc1nc(Cl)c(CNc2ccccc2SC)[nH]1. The van der Waals surface area contributed by atoms with E-state index in [1.165, 1.54) is 4.90 Å². The molecule has 0 radical (unpaired) electrons. The maximum Gasteiger partial charge on any atom is 0.152 e. The van der Waals surface area contributed by atoms with E-state index < -0.39 is 0 Å². The molecule has 0 aliphatic heterocycles. The van der Waals surface area contributed by atoms with Gasteiger partial charge in [-0.3, -0.25) is 0 Å². The van der Waals surface area contributed by atoms with Crippen LogP contribution in [-0.4, -0.2) is 16.2 Å². The summed E-state index contributed by atoms with van der Waals surface area (Å²) in [7, 11) is 0. The van der Waals surface area contributed by atoms with Crippen LogP contribution in [0.2, 0.25) is 5.15 Å². The number of benzene rings is 1. The zero-order chi connectivity index (χ0) is 14.4.